The monoisotopic (exact) mass is 311 g/mol. The van der Waals surface area contributed by atoms with Crippen molar-refractivity contribution in [3.05, 3.63) is 22.6 Å². The van der Waals surface area contributed by atoms with Gasteiger partial charge in [0.15, 0.2) is 5.16 Å². The number of aromatic nitrogens is 5. The highest BCUT2D eigenvalue weighted by atomic mass is 35.5. The molecule has 98 valence electrons. The third-order valence-electron chi connectivity index (χ3n) is 2.59. The Kier molecular flexibility index (Phi) is 3.42. The van der Waals surface area contributed by atoms with Gasteiger partial charge in [0, 0.05) is 17.3 Å². The first-order valence-corrected chi connectivity index (χ1v) is 7.66. The molecule has 3 aromatic rings. The fraction of sp³-hybridized carbons (Fsp3) is 0.273. The van der Waals surface area contributed by atoms with Crippen LogP contribution >= 0.6 is 34.7 Å². The minimum atomic E-state index is 0.265. The summed E-state index contributed by atoms with van der Waals surface area (Å²) in [4.78, 5) is 10.8. The van der Waals surface area contributed by atoms with Gasteiger partial charge in [0.25, 0.3) is 0 Å². The Balaban J connectivity index is 2.11. The SMILES string of the molecule is CCc1cc2c(Sc3nncn3C)nc(Cl)nc2s1. The summed E-state index contributed by atoms with van der Waals surface area (Å²) >= 11 is 9.08. The van der Waals surface area contributed by atoms with Gasteiger partial charge in [-0.05, 0) is 35.9 Å². The van der Waals surface area contributed by atoms with Crippen LogP contribution in [-0.2, 0) is 13.5 Å². The van der Waals surface area contributed by atoms with E-state index in [2.05, 4.69) is 33.2 Å². The molecular weight excluding hydrogens is 302 g/mol. The van der Waals surface area contributed by atoms with Gasteiger partial charge in [0.2, 0.25) is 5.28 Å². The van der Waals surface area contributed by atoms with Crippen LogP contribution < -0.4 is 0 Å². The van der Waals surface area contributed by atoms with Crippen LogP contribution in [0.5, 0.6) is 0 Å². The molecule has 0 amide bonds. The third kappa shape index (κ3) is 2.45. The summed E-state index contributed by atoms with van der Waals surface area (Å²) in [5.74, 6) is 0. The van der Waals surface area contributed by atoms with E-state index in [1.807, 2.05) is 11.6 Å². The zero-order chi connectivity index (χ0) is 13.4. The van der Waals surface area contributed by atoms with E-state index in [0.29, 0.717) is 0 Å². The standard InChI is InChI=1S/C11H10ClN5S2/c1-3-6-4-7-8(18-6)14-10(12)15-9(7)19-11-16-13-5-17(11)2/h4-5H,3H2,1-2H3. The minimum absolute atomic E-state index is 0.265. The van der Waals surface area contributed by atoms with Crippen LogP contribution in [0.2, 0.25) is 5.28 Å². The molecule has 0 N–H and O–H groups in total. The van der Waals surface area contributed by atoms with Crippen LogP contribution in [0.15, 0.2) is 22.6 Å². The molecule has 3 heterocycles. The largest absolute Gasteiger partial charge is 0.311 e. The molecule has 0 aliphatic heterocycles. The summed E-state index contributed by atoms with van der Waals surface area (Å²) < 4.78 is 1.85. The lowest BCUT2D eigenvalue weighted by atomic mass is 10.3. The molecule has 0 atom stereocenters. The van der Waals surface area contributed by atoms with Crippen molar-refractivity contribution < 1.29 is 0 Å². The van der Waals surface area contributed by atoms with Gasteiger partial charge in [-0.25, -0.2) is 9.97 Å². The number of nitrogens with zero attached hydrogens (tertiary/aromatic N) is 5. The van der Waals surface area contributed by atoms with Crippen molar-refractivity contribution in [3.63, 3.8) is 0 Å². The molecule has 0 aliphatic rings. The zero-order valence-corrected chi connectivity index (χ0v) is 12.7. The van der Waals surface area contributed by atoms with Crippen LogP contribution in [-0.4, -0.2) is 24.7 Å². The zero-order valence-electron chi connectivity index (χ0n) is 10.3. The second kappa shape index (κ2) is 5.07. The van der Waals surface area contributed by atoms with E-state index in [9.17, 15) is 0 Å². The van der Waals surface area contributed by atoms with Crippen LogP contribution in [0.25, 0.3) is 10.2 Å². The molecule has 0 saturated heterocycles. The van der Waals surface area contributed by atoms with Gasteiger partial charge in [0.1, 0.15) is 16.2 Å². The predicted octanol–water partition coefficient (Wildman–Crippen LogP) is 3.19. The van der Waals surface area contributed by atoms with Gasteiger partial charge in [-0.15, -0.1) is 21.5 Å². The van der Waals surface area contributed by atoms with Crippen molar-refractivity contribution in [1.29, 1.82) is 0 Å². The van der Waals surface area contributed by atoms with Crippen molar-refractivity contribution >= 4 is 44.9 Å². The van der Waals surface area contributed by atoms with Crippen LogP contribution in [0.1, 0.15) is 11.8 Å². The van der Waals surface area contributed by atoms with E-state index in [-0.39, 0.29) is 5.28 Å². The number of rotatable bonds is 3. The molecule has 0 bridgehead atoms. The van der Waals surface area contributed by atoms with Gasteiger partial charge < -0.3 is 4.57 Å². The maximum atomic E-state index is 5.98. The number of hydrogen-bond donors (Lipinski definition) is 0. The summed E-state index contributed by atoms with van der Waals surface area (Å²) in [6, 6.07) is 2.12. The molecule has 3 aromatic heterocycles. The molecule has 0 aliphatic carbocycles. The van der Waals surface area contributed by atoms with Gasteiger partial charge in [-0.1, -0.05) is 6.92 Å². The highest BCUT2D eigenvalue weighted by Crippen LogP contribution is 2.35. The quantitative estimate of drug-likeness (QED) is 0.549. The van der Waals surface area contributed by atoms with E-state index < -0.39 is 0 Å². The molecule has 0 unspecified atom stereocenters. The van der Waals surface area contributed by atoms with Gasteiger partial charge >= 0.3 is 0 Å². The number of halogens is 1. The molecule has 19 heavy (non-hydrogen) atoms. The van der Waals surface area contributed by atoms with Crippen molar-refractivity contribution in [2.75, 3.05) is 0 Å². The Morgan fingerprint density at radius 1 is 1.42 bits per heavy atom. The fourth-order valence-corrected chi connectivity index (χ4v) is 3.77. The lowest BCUT2D eigenvalue weighted by molar-refractivity contribution is 0.787. The summed E-state index contributed by atoms with van der Waals surface area (Å²) in [6.45, 7) is 2.12. The molecule has 0 radical (unpaired) electrons. The Labute approximate surface area is 123 Å². The summed E-state index contributed by atoms with van der Waals surface area (Å²) in [7, 11) is 1.90. The van der Waals surface area contributed by atoms with Crippen molar-refractivity contribution in [2.45, 2.75) is 23.5 Å². The average molecular weight is 312 g/mol. The van der Waals surface area contributed by atoms with Gasteiger partial charge in [-0.3, -0.25) is 0 Å². The van der Waals surface area contributed by atoms with E-state index in [1.54, 1.807) is 17.7 Å². The highest BCUT2D eigenvalue weighted by Gasteiger charge is 2.14. The lowest BCUT2D eigenvalue weighted by Crippen LogP contribution is -1.91. The van der Waals surface area contributed by atoms with E-state index in [0.717, 1.165) is 26.8 Å². The predicted molar refractivity (Wildman–Crippen MR) is 76.9 cm³/mol. The summed E-state index contributed by atoms with van der Waals surface area (Å²) in [5.41, 5.74) is 0. The van der Waals surface area contributed by atoms with E-state index in [4.69, 9.17) is 11.6 Å². The first-order valence-electron chi connectivity index (χ1n) is 5.65. The number of fused-ring (bicyclic) bond motifs is 1. The first-order chi connectivity index (χ1) is 9.17. The topological polar surface area (TPSA) is 56.5 Å². The van der Waals surface area contributed by atoms with Crippen LogP contribution in [0.3, 0.4) is 0 Å². The molecule has 0 fully saturated rings. The molecule has 0 spiro atoms. The maximum Gasteiger partial charge on any atom is 0.224 e. The van der Waals surface area contributed by atoms with Crippen molar-refractivity contribution in [3.8, 4) is 0 Å². The Hall–Kier alpha value is -1.18. The van der Waals surface area contributed by atoms with Crippen molar-refractivity contribution in [1.82, 2.24) is 24.7 Å². The lowest BCUT2D eigenvalue weighted by Gasteiger charge is -2.01. The summed E-state index contributed by atoms with van der Waals surface area (Å²) in [5, 5.41) is 10.8. The minimum Gasteiger partial charge on any atom is -0.311 e. The maximum absolute atomic E-state index is 5.98. The molecule has 3 rings (SSSR count). The molecule has 0 aromatic carbocycles. The van der Waals surface area contributed by atoms with E-state index >= 15 is 0 Å². The number of aryl methyl sites for hydroxylation is 2. The van der Waals surface area contributed by atoms with Crippen molar-refractivity contribution in [2.24, 2.45) is 7.05 Å². The first kappa shape index (κ1) is 12.8. The number of thiophene rings is 1. The second-order valence-corrected chi connectivity index (χ2v) is 6.32. The van der Waals surface area contributed by atoms with Crippen LogP contribution in [0.4, 0.5) is 0 Å². The molecule has 0 saturated carbocycles. The normalized spacial score (nSPS) is 11.3. The fourth-order valence-electron chi connectivity index (χ4n) is 1.62. The smallest absolute Gasteiger partial charge is 0.224 e. The Morgan fingerprint density at radius 2 is 2.26 bits per heavy atom. The average Bonchev–Trinajstić information content (AvgIpc) is 2.96. The molecular formula is C11H10ClN5S2. The summed E-state index contributed by atoms with van der Waals surface area (Å²) in [6.07, 6.45) is 2.64. The molecule has 5 nitrogen and oxygen atoms in total. The number of hydrogen-bond acceptors (Lipinski definition) is 6. The van der Waals surface area contributed by atoms with E-state index in [1.165, 1.54) is 16.6 Å². The third-order valence-corrected chi connectivity index (χ3v) is 4.99. The Morgan fingerprint density at radius 3 is 2.95 bits per heavy atom. The van der Waals surface area contributed by atoms with Gasteiger partial charge in [0.05, 0.1) is 0 Å². The van der Waals surface area contributed by atoms with Gasteiger partial charge in [-0.2, -0.15) is 0 Å². The van der Waals surface area contributed by atoms with Crippen LogP contribution in [0, 0.1) is 0 Å². The molecule has 8 heteroatoms. The highest BCUT2D eigenvalue weighted by molar-refractivity contribution is 7.99. The second-order valence-electron chi connectivity index (χ2n) is 3.91. The Bertz CT molecular complexity index is 736.